The molecule has 4 nitrogen and oxygen atoms in total. The Hall–Kier alpha value is -1.96. The number of rotatable bonds is 3. The average molecular weight is 347 g/mol. The Morgan fingerprint density at radius 1 is 1.23 bits per heavy atom. The Morgan fingerprint density at radius 2 is 2.00 bits per heavy atom. The summed E-state index contributed by atoms with van der Waals surface area (Å²) in [7, 11) is 0. The van der Waals surface area contributed by atoms with Crippen LogP contribution in [0.3, 0.4) is 0 Å². The summed E-state index contributed by atoms with van der Waals surface area (Å²) in [4.78, 5) is 24.5. The number of thiocarbonyl (C=S) groups is 1. The van der Waals surface area contributed by atoms with E-state index in [-0.39, 0.29) is 11.9 Å². The molecule has 1 N–H and O–H groups in total. The lowest BCUT2D eigenvalue weighted by atomic mass is 10.2. The fraction of sp³-hybridized carbons (Fsp3) is 0. The summed E-state index contributed by atoms with van der Waals surface area (Å²) in [5.74, 6) is -0.111. The molecule has 0 atom stereocenters. The Bertz CT molecular complexity index is 764. The zero-order chi connectivity index (χ0) is 15.5. The van der Waals surface area contributed by atoms with Crippen LogP contribution in [0.2, 0.25) is 0 Å². The summed E-state index contributed by atoms with van der Waals surface area (Å²) in [6, 6.07) is 10.4. The van der Waals surface area contributed by atoms with Crippen LogP contribution in [0.15, 0.2) is 46.7 Å². The number of amides is 1. The molecular weight excluding hydrogens is 338 g/mol. The third-order valence-electron chi connectivity index (χ3n) is 2.75. The molecule has 3 rings (SSSR count). The number of carbonyl (C=O) groups excluding carboxylic acids is 2. The summed E-state index contributed by atoms with van der Waals surface area (Å²) >= 11 is 7.49. The van der Waals surface area contributed by atoms with Gasteiger partial charge >= 0.3 is 5.97 Å². The first-order valence-electron chi connectivity index (χ1n) is 6.22. The number of carbonyl (C=O) groups is 2. The van der Waals surface area contributed by atoms with Crippen LogP contribution in [0, 0.1) is 0 Å². The second kappa shape index (κ2) is 6.43. The van der Waals surface area contributed by atoms with Crippen molar-refractivity contribution in [2.24, 2.45) is 0 Å². The van der Waals surface area contributed by atoms with Gasteiger partial charge in [0.2, 0.25) is 0 Å². The molecular formula is C15H9NO3S3. The topological polar surface area (TPSA) is 55.4 Å². The second-order valence-electron chi connectivity index (χ2n) is 4.29. The predicted molar refractivity (Wildman–Crippen MR) is 92.0 cm³/mol. The van der Waals surface area contributed by atoms with Crippen LogP contribution in [0.4, 0.5) is 0 Å². The molecule has 2 heterocycles. The van der Waals surface area contributed by atoms with Crippen LogP contribution < -0.4 is 10.1 Å². The monoisotopic (exact) mass is 347 g/mol. The molecule has 0 spiro atoms. The molecule has 0 radical (unpaired) electrons. The first kappa shape index (κ1) is 15.0. The zero-order valence-electron chi connectivity index (χ0n) is 11.1. The van der Waals surface area contributed by atoms with Crippen LogP contribution in [-0.2, 0) is 4.79 Å². The van der Waals surface area contributed by atoms with E-state index in [0.717, 1.165) is 5.56 Å². The van der Waals surface area contributed by atoms with Gasteiger partial charge in [-0.1, -0.05) is 42.2 Å². The molecule has 0 aliphatic carbocycles. The maximum Gasteiger partial charge on any atom is 0.353 e. The lowest BCUT2D eigenvalue weighted by Gasteiger charge is -2.03. The van der Waals surface area contributed by atoms with Gasteiger partial charge in [-0.2, -0.15) is 0 Å². The molecule has 1 aromatic carbocycles. The minimum absolute atomic E-state index is 0.191. The maximum atomic E-state index is 11.8. The zero-order valence-corrected chi connectivity index (χ0v) is 13.5. The molecule has 110 valence electrons. The molecule has 1 saturated heterocycles. The summed E-state index contributed by atoms with van der Waals surface area (Å²) in [5, 5.41) is 4.38. The summed E-state index contributed by atoms with van der Waals surface area (Å²) in [6.07, 6.45) is 1.74. The third kappa shape index (κ3) is 3.44. The molecule has 1 amide bonds. The quantitative estimate of drug-likeness (QED) is 0.399. The highest BCUT2D eigenvalue weighted by Crippen LogP contribution is 2.26. The minimum Gasteiger partial charge on any atom is -0.422 e. The molecule has 2 aromatic rings. The number of thioether (sulfide) groups is 1. The van der Waals surface area contributed by atoms with Crippen molar-refractivity contribution in [3.05, 3.63) is 57.1 Å². The number of ether oxygens (including phenoxy) is 1. The van der Waals surface area contributed by atoms with Crippen molar-refractivity contribution in [1.82, 2.24) is 5.32 Å². The molecule has 1 fully saturated rings. The Labute approximate surface area is 140 Å². The third-order valence-corrected chi connectivity index (χ3v) is 4.77. The van der Waals surface area contributed by atoms with Gasteiger partial charge in [0, 0.05) is 0 Å². The van der Waals surface area contributed by atoms with Crippen LogP contribution in [0.25, 0.3) is 6.08 Å². The lowest BCUT2D eigenvalue weighted by molar-refractivity contribution is -0.115. The fourth-order valence-corrected chi connectivity index (χ4v) is 3.40. The molecule has 1 aliphatic rings. The fourth-order valence-electron chi connectivity index (χ4n) is 1.76. The first-order chi connectivity index (χ1) is 10.6. The number of thiophene rings is 1. The van der Waals surface area contributed by atoms with E-state index in [0.29, 0.717) is 19.9 Å². The van der Waals surface area contributed by atoms with Gasteiger partial charge in [0.15, 0.2) is 0 Å². The summed E-state index contributed by atoms with van der Waals surface area (Å²) < 4.78 is 5.72. The molecule has 1 aliphatic heterocycles. The van der Waals surface area contributed by atoms with Gasteiger partial charge in [-0.05, 0) is 35.2 Å². The highest BCUT2D eigenvalue weighted by molar-refractivity contribution is 8.26. The van der Waals surface area contributed by atoms with E-state index in [2.05, 4.69) is 5.32 Å². The molecule has 1 aromatic heterocycles. The van der Waals surface area contributed by atoms with Gasteiger partial charge in [0.1, 0.15) is 14.9 Å². The van der Waals surface area contributed by atoms with Gasteiger partial charge in [0.25, 0.3) is 5.91 Å². The van der Waals surface area contributed by atoms with Crippen molar-refractivity contribution in [1.29, 1.82) is 0 Å². The molecule has 0 saturated carbocycles. The standard InChI is InChI=1S/C15H9NO3S3/c17-13-12(22-15(20)16-13)8-9-3-5-10(6-4-9)19-14(18)11-2-1-7-21-11/h1-8H,(H,16,17,20)/b12-8+. The smallest absolute Gasteiger partial charge is 0.353 e. The largest absolute Gasteiger partial charge is 0.422 e. The Kier molecular flexibility index (Phi) is 4.37. The summed E-state index contributed by atoms with van der Waals surface area (Å²) in [5.41, 5.74) is 0.832. The van der Waals surface area contributed by atoms with Gasteiger partial charge in [0.05, 0.1) is 4.91 Å². The predicted octanol–water partition coefficient (Wildman–Crippen LogP) is 3.46. The van der Waals surface area contributed by atoms with Gasteiger partial charge < -0.3 is 10.1 Å². The van der Waals surface area contributed by atoms with Crippen molar-refractivity contribution >= 4 is 57.6 Å². The highest BCUT2D eigenvalue weighted by atomic mass is 32.2. The van der Waals surface area contributed by atoms with E-state index < -0.39 is 0 Å². The number of nitrogens with one attached hydrogen (secondary N) is 1. The first-order valence-corrected chi connectivity index (χ1v) is 8.33. The number of esters is 1. The van der Waals surface area contributed by atoms with E-state index in [1.165, 1.54) is 23.1 Å². The normalized spacial score (nSPS) is 15.9. The number of hydrogen-bond donors (Lipinski definition) is 1. The van der Waals surface area contributed by atoms with Crippen LogP contribution in [-0.4, -0.2) is 16.2 Å². The average Bonchev–Trinajstić information content (AvgIpc) is 3.12. The lowest BCUT2D eigenvalue weighted by Crippen LogP contribution is -2.17. The van der Waals surface area contributed by atoms with E-state index >= 15 is 0 Å². The van der Waals surface area contributed by atoms with E-state index in [1.807, 2.05) is 5.38 Å². The Balaban J connectivity index is 1.71. The molecule has 0 bridgehead atoms. The van der Waals surface area contributed by atoms with Gasteiger partial charge in [-0.25, -0.2) is 4.79 Å². The molecule has 0 unspecified atom stereocenters. The van der Waals surface area contributed by atoms with Crippen LogP contribution in [0.5, 0.6) is 5.75 Å². The van der Waals surface area contributed by atoms with Crippen molar-refractivity contribution in [3.63, 3.8) is 0 Å². The SMILES string of the molecule is O=C1NC(=S)S/C1=C/c1ccc(OC(=O)c2cccs2)cc1. The van der Waals surface area contributed by atoms with Crippen molar-refractivity contribution < 1.29 is 14.3 Å². The molecule has 22 heavy (non-hydrogen) atoms. The number of hydrogen-bond acceptors (Lipinski definition) is 6. The van der Waals surface area contributed by atoms with E-state index in [1.54, 1.807) is 42.5 Å². The minimum atomic E-state index is -0.378. The van der Waals surface area contributed by atoms with E-state index in [4.69, 9.17) is 17.0 Å². The second-order valence-corrected chi connectivity index (χ2v) is 6.95. The van der Waals surface area contributed by atoms with Gasteiger partial charge in [-0.3, -0.25) is 4.79 Å². The number of benzene rings is 1. The van der Waals surface area contributed by atoms with Crippen LogP contribution >= 0.6 is 35.3 Å². The summed E-state index contributed by atoms with van der Waals surface area (Å²) in [6.45, 7) is 0. The van der Waals surface area contributed by atoms with E-state index in [9.17, 15) is 9.59 Å². The van der Waals surface area contributed by atoms with Crippen molar-refractivity contribution in [3.8, 4) is 5.75 Å². The van der Waals surface area contributed by atoms with Crippen molar-refractivity contribution in [2.45, 2.75) is 0 Å². The Morgan fingerprint density at radius 3 is 2.59 bits per heavy atom. The van der Waals surface area contributed by atoms with Crippen LogP contribution in [0.1, 0.15) is 15.2 Å². The van der Waals surface area contributed by atoms with Gasteiger partial charge in [-0.15, -0.1) is 11.3 Å². The maximum absolute atomic E-state index is 11.8. The highest BCUT2D eigenvalue weighted by Gasteiger charge is 2.21. The van der Waals surface area contributed by atoms with Crippen molar-refractivity contribution in [2.75, 3.05) is 0 Å². The molecule has 7 heteroatoms.